The predicted octanol–water partition coefficient (Wildman–Crippen LogP) is 3.20. The van der Waals surface area contributed by atoms with Crippen LogP contribution in [0.1, 0.15) is 25.7 Å². The molecule has 1 heterocycles. The minimum Gasteiger partial charge on any atom is -0.370 e. The van der Waals surface area contributed by atoms with Crippen molar-refractivity contribution >= 4 is 47.5 Å². The number of hydrogen-bond donors (Lipinski definition) is 3. The van der Waals surface area contributed by atoms with Gasteiger partial charge in [-0.2, -0.15) is 11.8 Å². The highest BCUT2D eigenvalue weighted by Crippen LogP contribution is 2.00. The Morgan fingerprint density at radius 1 is 1.09 bits per heavy atom. The molecule has 0 radical (unpaired) electrons. The average molecular weight is 451 g/mol. The quantitative estimate of drug-likeness (QED) is 0.209. The molecule has 23 heavy (non-hydrogen) atoms. The number of halogens is 1. The van der Waals surface area contributed by atoms with Crippen molar-refractivity contribution in [3.8, 4) is 0 Å². The van der Waals surface area contributed by atoms with Gasteiger partial charge in [-0.05, 0) is 49.8 Å². The van der Waals surface area contributed by atoms with E-state index in [0.29, 0.717) is 0 Å². The van der Waals surface area contributed by atoms with Crippen molar-refractivity contribution in [1.82, 2.24) is 15.6 Å². The van der Waals surface area contributed by atoms with Crippen molar-refractivity contribution in [2.45, 2.75) is 25.7 Å². The van der Waals surface area contributed by atoms with Crippen LogP contribution in [0.25, 0.3) is 0 Å². The summed E-state index contributed by atoms with van der Waals surface area (Å²) in [6.07, 6.45) is 8.61. The van der Waals surface area contributed by atoms with E-state index in [-0.39, 0.29) is 24.0 Å². The lowest BCUT2D eigenvalue weighted by Gasteiger charge is -2.11. The summed E-state index contributed by atoms with van der Waals surface area (Å²) in [4.78, 5) is 8.47. The number of aliphatic imine (C=N–C) groups is 1. The van der Waals surface area contributed by atoms with Gasteiger partial charge in [0.15, 0.2) is 5.96 Å². The maximum Gasteiger partial charge on any atom is 0.190 e. The van der Waals surface area contributed by atoms with Gasteiger partial charge in [-0.15, -0.1) is 24.0 Å². The first-order chi connectivity index (χ1) is 10.9. The Bertz CT molecular complexity index is 403. The number of nitrogens with zero attached hydrogens (tertiary/aromatic N) is 2. The second-order valence-electron chi connectivity index (χ2n) is 4.97. The Hall–Kier alpha value is -0.700. The number of nitrogens with one attached hydrogen (secondary N) is 3. The largest absolute Gasteiger partial charge is 0.370 e. The summed E-state index contributed by atoms with van der Waals surface area (Å²) in [5.41, 5.74) is 0. The Labute approximate surface area is 161 Å². The summed E-state index contributed by atoms with van der Waals surface area (Å²) in [6, 6.07) is 5.90. The van der Waals surface area contributed by atoms with Crippen LogP contribution in [0.3, 0.4) is 0 Å². The molecule has 0 aliphatic rings. The molecule has 0 atom stereocenters. The maximum absolute atomic E-state index is 4.24. The molecule has 0 amide bonds. The summed E-state index contributed by atoms with van der Waals surface area (Å²) in [5.74, 6) is 3.08. The first kappa shape index (κ1) is 22.3. The van der Waals surface area contributed by atoms with Gasteiger partial charge in [0.25, 0.3) is 0 Å². The fraction of sp³-hybridized carbons (Fsp3) is 0.625. The van der Waals surface area contributed by atoms with Gasteiger partial charge in [0.2, 0.25) is 0 Å². The molecule has 1 rings (SSSR count). The molecule has 7 heteroatoms. The maximum atomic E-state index is 4.24. The number of anilines is 1. The lowest BCUT2D eigenvalue weighted by molar-refractivity contribution is 0.696. The van der Waals surface area contributed by atoms with Crippen molar-refractivity contribution in [1.29, 1.82) is 0 Å². The van der Waals surface area contributed by atoms with E-state index in [1.165, 1.54) is 18.6 Å². The summed E-state index contributed by atoms with van der Waals surface area (Å²) < 4.78 is 0. The number of hydrogen-bond acceptors (Lipinski definition) is 4. The van der Waals surface area contributed by atoms with Crippen LogP contribution in [0.5, 0.6) is 0 Å². The fourth-order valence-corrected chi connectivity index (χ4v) is 2.43. The highest BCUT2D eigenvalue weighted by Gasteiger charge is 1.97. The topological polar surface area (TPSA) is 61.3 Å². The van der Waals surface area contributed by atoms with Gasteiger partial charge < -0.3 is 16.0 Å². The van der Waals surface area contributed by atoms with Gasteiger partial charge in [-0.1, -0.05) is 6.07 Å². The second-order valence-corrected chi connectivity index (χ2v) is 5.96. The predicted molar refractivity (Wildman–Crippen MR) is 114 cm³/mol. The molecule has 0 unspecified atom stereocenters. The standard InChI is InChI=1S/C16H29N5S.HI/c1-17-16(21-13-7-8-14-22-2)20-12-6-5-11-19-15-9-3-4-10-18-15;/h3-4,9-10H,5-8,11-14H2,1-2H3,(H,18,19)(H2,17,20,21);1H. The zero-order chi connectivity index (χ0) is 15.9. The van der Waals surface area contributed by atoms with Gasteiger partial charge in [0.05, 0.1) is 0 Å². The number of pyridine rings is 1. The lowest BCUT2D eigenvalue weighted by Crippen LogP contribution is -2.38. The molecule has 132 valence electrons. The van der Waals surface area contributed by atoms with Gasteiger partial charge in [0, 0.05) is 32.9 Å². The van der Waals surface area contributed by atoms with Crippen molar-refractivity contribution in [3.05, 3.63) is 24.4 Å². The molecule has 5 nitrogen and oxygen atoms in total. The Morgan fingerprint density at radius 3 is 2.39 bits per heavy atom. The van der Waals surface area contributed by atoms with E-state index < -0.39 is 0 Å². The summed E-state index contributed by atoms with van der Waals surface area (Å²) in [5, 5.41) is 10.0. The normalized spacial score (nSPS) is 10.8. The molecule has 0 aliphatic carbocycles. The molecule has 0 saturated carbocycles. The van der Waals surface area contributed by atoms with E-state index in [1.807, 2.05) is 37.0 Å². The van der Waals surface area contributed by atoms with E-state index >= 15 is 0 Å². The molecular weight excluding hydrogens is 421 g/mol. The van der Waals surface area contributed by atoms with Crippen LogP contribution in [0.2, 0.25) is 0 Å². The van der Waals surface area contributed by atoms with Crippen LogP contribution >= 0.6 is 35.7 Å². The van der Waals surface area contributed by atoms with Crippen LogP contribution in [0.4, 0.5) is 5.82 Å². The third-order valence-electron chi connectivity index (χ3n) is 3.16. The third kappa shape index (κ3) is 12.4. The van der Waals surface area contributed by atoms with E-state index in [2.05, 4.69) is 32.2 Å². The fourth-order valence-electron chi connectivity index (χ4n) is 1.94. The highest BCUT2D eigenvalue weighted by molar-refractivity contribution is 14.0. The minimum atomic E-state index is 0. The third-order valence-corrected chi connectivity index (χ3v) is 3.86. The molecule has 0 fully saturated rings. The van der Waals surface area contributed by atoms with Gasteiger partial charge in [-0.3, -0.25) is 4.99 Å². The molecule has 0 bridgehead atoms. The van der Waals surface area contributed by atoms with Gasteiger partial charge >= 0.3 is 0 Å². The van der Waals surface area contributed by atoms with Crippen LogP contribution in [0, 0.1) is 0 Å². The van der Waals surface area contributed by atoms with Crippen LogP contribution in [-0.4, -0.2) is 49.6 Å². The summed E-state index contributed by atoms with van der Waals surface area (Å²) in [7, 11) is 1.82. The van der Waals surface area contributed by atoms with Crippen LogP contribution in [-0.2, 0) is 0 Å². The first-order valence-corrected chi connectivity index (χ1v) is 9.34. The number of thioether (sulfide) groups is 1. The van der Waals surface area contributed by atoms with Crippen molar-refractivity contribution in [2.24, 2.45) is 4.99 Å². The van der Waals surface area contributed by atoms with Crippen molar-refractivity contribution in [2.75, 3.05) is 44.0 Å². The summed E-state index contributed by atoms with van der Waals surface area (Å²) >= 11 is 1.90. The number of unbranched alkanes of at least 4 members (excludes halogenated alkanes) is 2. The number of rotatable bonds is 11. The molecular formula is C16H30IN5S. The SMILES string of the molecule is CN=C(NCCCCNc1ccccn1)NCCCCSC.I. The molecule has 0 saturated heterocycles. The molecule has 3 N–H and O–H groups in total. The van der Waals surface area contributed by atoms with E-state index in [1.54, 1.807) is 6.20 Å². The number of guanidine groups is 1. The first-order valence-electron chi connectivity index (χ1n) is 7.95. The smallest absolute Gasteiger partial charge is 0.190 e. The molecule has 1 aromatic heterocycles. The van der Waals surface area contributed by atoms with Crippen molar-refractivity contribution in [3.63, 3.8) is 0 Å². The summed E-state index contributed by atoms with van der Waals surface area (Å²) in [6.45, 7) is 2.87. The van der Waals surface area contributed by atoms with Gasteiger partial charge in [-0.25, -0.2) is 4.98 Å². The highest BCUT2D eigenvalue weighted by atomic mass is 127. The minimum absolute atomic E-state index is 0. The zero-order valence-corrected chi connectivity index (χ0v) is 17.3. The number of aromatic nitrogens is 1. The molecule has 0 aromatic carbocycles. The van der Waals surface area contributed by atoms with E-state index in [4.69, 9.17) is 0 Å². The second kappa shape index (κ2) is 16.2. The van der Waals surface area contributed by atoms with Gasteiger partial charge in [0.1, 0.15) is 5.82 Å². The average Bonchev–Trinajstić information content (AvgIpc) is 2.56. The van der Waals surface area contributed by atoms with E-state index in [0.717, 1.165) is 44.3 Å². The Morgan fingerprint density at radius 2 is 1.78 bits per heavy atom. The van der Waals surface area contributed by atoms with Crippen molar-refractivity contribution < 1.29 is 0 Å². The van der Waals surface area contributed by atoms with Crippen LogP contribution < -0.4 is 16.0 Å². The molecule has 1 aromatic rings. The molecule has 0 aliphatic heterocycles. The zero-order valence-electron chi connectivity index (χ0n) is 14.2. The Balaban J connectivity index is 0.00000484. The van der Waals surface area contributed by atoms with E-state index in [9.17, 15) is 0 Å². The van der Waals surface area contributed by atoms with Crippen LogP contribution in [0.15, 0.2) is 29.4 Å². The molecule has 0 spiro atoms. The lowest BCUT2D eigenvalue weighted by atomic mass is 10.3. The monoisotopic (exact) mass is 451 g/mol. The Kier molecular flexibility index (Phi) is 15.7.